The number of fused-ring (bicyclic) bond motifs is 1. The predicted octanol–water partition coefficient (Wildman–Crippen LogP) is 6.60. The van der Waals surface area contributed by atoms with E-state index < -0.39 is 0 Å². The number of benzene rings is 3. The summed E-state index contributed by atoms with van der Waals surface area (Å²) in [5.41, 5.74) is 3.83. The number of carbonyl (C=O) groups excluding carboxylic acids is 1. The van der Waals surface area contributed by atoms with Crippen molar-refractivity contribution in [2.45, 2.75) is 63.5 Å². The number of phenolic OH excluding ortho intramolecular Hbond substituents is 1. The average molecular weight is 525 g/mol. The average Bonchev–Trinajstić information content (AvgIpc) is 3.57. The molecule has 3 aliphatic rings. The first-order valence-corrected chi connectivity index (χ1v) is 14.7. The normalized spacial score (nSPS) is 21.6. The first kappa shape index (κ1) is 25.9. The molecule has 5 heteroatoms. The molecular formula is C34H40N2O3. The van der Waals surface area contributed by atoms with E-state index in [0.717, 1.165) is 60.4 Å². The fourth-order valence-electron chi connectivity index (χ4n) is 6.61. The second kappa shape index (κ2) is 11.1. The van der Waals surface area contributed by atoms with Crippen LogP contribution in [0.2, 0.25) is 0 Å². The number of unbranched alkanes of at least 4 members (excludes halogenated alkanes) is 2. The van der Waals surface area contributed by atoms with Crippen molar-refractivity contribution in [1.82, 2.24) is 9.80 Å². The highest BCUT2D eigenvalue weighted by Crippen LogP contribution is 2.55. The van der Waals surface area contributed by atoms with Gasteiger partial charge in [0.05, 0.1) is 12.6 Å². The van der Waals surface area contributed by atoms with Crippen LogP contribution >= 0.6 is 0 Å². The van der Waals surface area contributed by atoms with Gasteiger partial charge >= 0.3 is 0 Å². The van der Waals surface area contributed by atoms with Gasteiger partial charge < -0.3 is 19.6 Å². The smallest absolute Gasteiger partial charge is 0.255 e. The lowest BCUT2D eigenvalue weighted by Gasteiger charge is -2.44. The molecule has 1 aliphatic carbocycles. The molecule has 6 rings (SSSR count). The number of carbonyl (C=O) groups is 1. The van der Waals surface area contributed by atoms with E-state index in [2.05, 4.69) is 41.0 Å². The lowest BCUT2D eigenvalue weighted by atomic mass is 9.82. The summed E-state index contributed by atoms with van der Waals surface area (Å²) in [5.74, 6) is 1.82. The number of phenols is 1. The molecule has 0 radical (unpaired) electrons. The molecule has 3 aromatic carbocycles. The molecule has 5 nitrogen and oxygen atoms in total. The number of nitrogens with zero attached hydrogens (tertiary/aromatic N) is 2. The van der Waals surface area contributed by atoms with Gasteiger partial charge in [0.1, 0.15) is 11.5 Å². The minimum absolute atomic E-state index is 0.0712. The Morgan fingerprint density at radius 3 is 2.56 bits per heavy atom. The Hall–Kier alpha value is -3.31. The van der Waals surface area contributed by atoms with Crippen molar-refractivity contribution in [1.29, 1.82) is 0 Å². The van der Waals surface area contributed by atoms with Crippen molar-refractivity contribution in [3.05, 3.63) is 95.1 Å². The number of amides is 1. The summed E-state index contributed by atoms with van der Waals surface area (Å²) in [4.78, 5) is 18.7. The largest absolute Gasteiger partial charge is 0.508 e. The molecule has 2 heterocycles. The summed E-state index contributed by atoms with van der Waals surface area (Å²) in [5, 5.41) is 10.2. The SMILES string of the molecule is CCCCCN1CCC(COc2ccc(C3c4ccc(O)cc4CC4(CC4)N3C(=O)c3ccccc3)cc2)C1. The highest BCUT2D eigenvalue weighted by Gasteiger charge is 2.56. The molecular weight excluding hydrogens is 484 g/mol. The number of hydrogen-bond acceptors (Lipinski definition) is 4. The first-order chi connectivity index (χ1) is 19.1. The maximum absolute atomic E-state index is 14.0. The summed E-state index contributed by atoms with van der Waals surface area (Å²) < 4.78 is 6.25. The molecule has 0 bridgehead atoms. The van der Waals surface area contributed by atoms with Gasteiger partial charge in [0.15, 0.2) is 0 Å². The quantitative estimate of drug-likeness (QED) is 0.320. The number of ether oxygens (including phenoxy) is 1. The summed E-state index contributed by atoms with van der Waals surface area (Å²) in [6.07, 6.45) is 7.82. The topological polar surface area (TPSA) is 53.0 Å². The van der Waals surface area contributed by atoms with Crippen LogP contribution < -0.4 is 4.74 Å². The van der Waals surface area contributed by atoms with Crippen LogP contribution in [0.4, 0.5) is 0 Å². The molecule has 2 fully saturated rings. The van der Waals surface area contributed by atoms with Crippen LogP contribution in [-0.2, 0) is 6.42 Å². The van der Waals surface area contributed by atoms with E-state index in [1.165, 1.54) is 38.8 Å². The van der Waals surface area contributed by atoms with E-state index in [4.69, 9.17) is 4.74 Å². The molecule has 204 valence electrons. The van der Waals surface area contributed by atoms with Gasteiger partial charge in [0, 0.05) is 23.6 Å². The van der Waals surface area contributed by atoms with Crippen LogP contribution in [0.25, 0.3) is 0 Å². The molecule has 2 atom stereocenters. The van der Waals surface area contributed by atoms with Crippen molar-refractivity contribution < 1.29 is 14.6 Å². The van der Waals surface area contributed by atoms with Crippen LogP contribution in [0.5, 0.6) is 11.5 Å². The van der Waals surface area contributed by atoms with Crippen LogP contribution in [0.3, 0.4) is 0 Å². The Balaban J connectivity index is 1.22. The number of aromatic hydroxyl groups is 1. The van der Waals surface area contributed by atoms with E-state index in [1.54, 1.807) is 6.07 Å². The van der Waals surface area contributed by atoms with Crippen LogP contribution in [-0.4, -0.2) is 52.6 Å². The zero-order chi connectivity index (χ0) is 26.8. The third-order valence-corrected chi connectivity index (χ3v) is 8.91. The first-order valence-electron chi connectivity index (χ1n) is 14.7. The molecule has 2 aliphatic heterocycles. The summed E-state index contributed by atoms with van der Waals surface area (Å²) in [7, 11) is 0. The Bertz CT molecular complexity index is 1290. The van der Waals surface area contributed by atoms with Crippen molar-refractivity contribution in [2.75, 3.05) is 26.2 Å². The van der Waals surface area contributed by atoms with E-state index in [9.17, 15) is 9.90 Å². The van der Waals surface area contributed by atoms with Gasteiger partial charge in [-0.05, 0) is 98.3 Å². The minimum Gasteiger partial charge on any atom is -0.508 e. The zero-order valence-corrected chi connectivity index (χ0v) is 23.0. The molecule has 1 saturated carbocycles. The van der Waals surface area contributed by atoms with Crippen LogP contribution in [0, 0.1) is 5.92 Å². The maximum atomic E-state index is 14.0. The molecule has 1 spiro atoms. The highest BCUT2D eigenvalue weighted by molar-refractivity contribution is 5.96. The standard InChI is InChI=1S/C34H40N2O3/c1-2-3-7-19-35-20-16-25(23-35)24-39-30-13-10-26(11-14-30)32-31-15-12-29(37)21-28(31)22-34(17-18-34)36(32)33(38)27-8-5-4-6-9-27/h4-6,8-15,21,25,32,37H,2-3,7,16-20,22-24H2,1H3. The molecule has 3 aromatic rings. The third kappa shape index (κ3) is 5.42. The Morgan fingerprint density at radius 1 is 1.03 bits per heavy atom. The lowest BCUT2D eigenvalue weighted by Crippen LogP contribution is -2.49. The lowest BCUT2D eigenvalue weighted by molar-refractivity contribution is 0.0541. The monoisotopic (exact) mass is 524 g/mol. The van der Waals surface area contributed by atoms with E-state index in [0.29, 0.717) is 5.92 Å². The summed E-state index contributed by atoms with van der Waals surface area (Å²) >= 11 is 0. The van der Waals surface area contributed by atoms with Gasteiger partial charge in [0.2, 0.25) is 0 Å². The number of hydrogen-bond donors (Lipinski definition) is 1. The number of rotatable bonds is 9. The van der Waals surface area contributed by atoms with Gasteiger partial charge in [0.25, 0.3) is 5.91 Å². The van der Waals surface area contributed by atoms with Crippen molar-refractivity contribution >= 4 is 5.91 Å². The summed E-state index contributed by atoms with van der Waals surface area (Å²) in [6.45, 7) is 6.52. The minimum atomic E-state index is -0.204. The Kier molecular flexibility index (Phi) is 7.35. The second-order valence-electron chi connectivity index (χ2n) is 11.8. The van der Waals surface area contributed by atoms with Crippen molar-refractivity contribution in [3.63, 3.8) is 0 Å². The fraction of sp³-hybridized carbons (Fsp3) is 0.441. The molecule has 1 amide bonds. The van der Waals surface area contributed by atoms with Gasteiger partial charge in [-0.3, -0.25) is 4.79 Å². The second-order valence-corrected chi connectivity index (χ2v) is 11.8. The van der Waals surface area contributed by atoms with E-state index in [1.807, 2.05) is 42.5 Å². The van der Waals surface area contributed by atoms with Gasteiger partial charge in [-0.15, -0.1) is 0 Å². The molecule has 39 heavy (non-hydrogen) atoms. The molecule has 2 unspecified atom stereocenters. The Morgan fingerprint density at radius 2 is 1.82 bits per heavy atom. The van der Waals surface area contributed by atoms with Crippen LogP contribution in [0.15, 0.2) is 72.8 Å². The molecule has 1 saturated heterocycles. The van der Waals surface area contributed by atoms with Crippen LogP contribution in [0.1, 0.15) is 78.5 Å². The van der Waals surface area contributed by atoms with E-state index >= 15 is 0 Å². The Labute approximate surface area is 232 Å². The third-order valence-electron chi connectivity index (χ3n) is 8.91. The molecule has 0 aromatic heterocycles. The van der Waals surface area contributed by atoms with Crippen molar-refractivity contribution in [3.8, 4) is 11.5 Å². The molecule has 1 N–H and O–H groups in total. The van der Waals surface area contributed by atoms with Gasteiger partial charge in [-0.25, -0.2) is 0 Å². The zero-order valence-electron chi connectivity index (χ0n) is 23.0. The highest BCUT2D eigenvalue weighted by atomic mass is 16.5. The van der Waals surface area contributed by atoms with Crippen molar-refractivity contribution in [2.24, 2.45) is 5.92 Å². The number of likely N-dealkylation sites (tertiary alicyclic amines) is 1. The van der Waals surface area contributed by atoms with E-state index in [-0.39, 0.29) is 23.2 Å². The van der Waals surface area contributed by atoms with Gasteiger partial charge in [-0.2, -0.15) is 0 Å². The predicted molar refractivity (Wildman–Crippen MR) is 154 cm³/mol. The maximum Gasteiger partial charge on any atom is 0.255 e. The summed E-state index contributed by atoms with van der Waals surface area (Å²) in [6, 6.07) is 23.4. The van der Waals surface area contributed by atoms with Gasteiger partial charge in [-0.1, -0.05) is 56.2 Å². The fourth-order valence-corrected chi connectivity index (χ4v) is 6.61.